The zero-order valence-electron chi connectivity index (χ0n) is 20.9. The van der Waals surface area contributed by atoms with Gasteiger partial charge in [0.2, 0.25) is 9.80 Å². The van der Waals surface area contributed by atoms with Crippen molar-refractivity contribution in [3.8, 4) is 0 Å². The van der Waals surface area contributed by atoms with Gasteiger partial charge in [-0.15, -0.1) is 0 Å². The average molecular weight is 718 g/mol. The molecule has 0 saturated heterocycles. The van der Waals surface area contributed by atoms with Gasteiger partial charge in [0.15, 0.2) is 0 Å². The Morgan fingerprint density at radius 1 is 0.535 bits per heavy atom. The number of unbranched alkanes of at least 4 members (excludes halogenated alkanes) is 6. The van der Waals surface area contributed by atoms with E-state index < -0.39 is 83.6 Å². The summed E-state index contributed by atoms with van der Waals surface area (Å²) in [5.74, 6) is -32.4. The first-order chi connectivity index (χ1) is 18.8. The van der Waals surface area contributed by atoms with Gasteiger partial charge in [-0.2, -0.15) is 79.0 Å². The van der Waals surface area contributed by atoms with E-state index in [1.807, 2.05) is 6.92 Å². The maximum absolute atomic E-state index is 14.4. The molecule has 43 heavy (non-hydrogen) atoms. The highest BCUT2D eigenvalue weighted by molar-refractivity contribution is 8.20. The van der Waals surface area contributed by atoms with Crippen LogP contribution in [0.5, 0.6) is 0 Å². The molecule has 0 saturated carbocycles. The van der Waals surface area contributed by atoms with Crippen molar-refractivity contribution in [2.45, 2.75) is 98.4 Å². The molecule has 0 bridgehead atoms. The van der Waals surface area contributed by atoms with Gasteiger partial charge in [-0.1, -0.05) is 39.0 Å². The highest BCUT2D eigenvalue weighted by Gasteiger charge is 2.87. The number of hydrogen-bond donors (Lipinski definition) is 0. The standard InChI is InChI=1S/C19H20F18O4S2/c1-2-3-4-5-6-7-8-9-10-41-43(40,19(36,37)15(26,27)13(22,23)17(31,32)33)11-42(38,39)18(34,35)14(24,25)12(20,21)16(28,29)30/h9-11H,2-8H2,1H3/b10-9-. The molecule has 24 heteroatoms. The van der Waals surface area contributed by atoms with Gasteiger partial charge in [-0.25, -0.2) is 12.6 Å². The Bertz CT molecular complexity index is 1190. The van der Waals surface area contributed by atoms with Crippen molar-refractivity contribution in [2.75, 3.05) is 0 Å². The number of hydrogen-bond acceptors (Lipinski definition) is 4. The lowest BCUT2D eigenvalue weighted by molar-refractivity contribution is -0.382. The van der Waals surface area contributed by atoms with Crippen LogP contribution in [0.15, 0.2) is 12.3 Å². The average Bonchev–Trinajstić information content (AvgIpc) is 2.80. The number of halogens is 18. The highest BCUT2D eigenvalue weighted by atomic mass is 32.3. The second-order valence-corrected chi connectivity index (χ2v) is 12.7. The summed E-state index contributed by atoms with van der Waals surface area (Å²) < 4.78 is 275. The molecule has 0 heterocycles. The molecule has 0 spiro atoms. The van der Waals surface area contributed by atoms with Crippen LogP contribution in [0.4, 0.5) is 79.0 Å². The summed E-state index contributed by atoms with van der Waals surface area (Å²) in [6, 6.07) is 0. The number of sulfone groups is 1. The van der Waals surface area contributed by atoms with Gasteiger partial charge in [0.1, 0.15) is 4.70 Å². The summed E-state index contributed by atoms with van der Waals surface area (Å²) in [7, 11) is -16.4. The predicted octanol–water partition coefficient (Wildman–Crippen LogP) is 8.49. The number of rotatable bonds is 16. The second-order valence-electron chi connectivity index (χ2n) is 8.54. The topological polar surface area (TPSA) is 60.4 Å². The lowest BCUT2D eigenvalue weighted by atomic mass is 10.1. The normalized spacial score (nSPS) is 16.8. The van der Waals surface area contributed by atoms with Gasteiger partial charge < -0.3 is 4.18 Å². The van der Waals surface area contributed by atoms with E-state index in [0.717, 1.165) is 12.8 Å². The first-order valence-electron chi connectivity index (χ1n) is 11.1. The van der Waals surface area contributed by atoms with E-state index in [-0.39, 0.29) is 6.42 Å². The lowest BCUT2D eigenvalue weighted by Crippen LogP contribution is -2.65. The minimum absolute atomic E-state index is 0.0162. The van der Waals surface area contributed by atoms with E-state index >= 15 is 0 Å². The van der Waals surface area contributed by atoms with Gasteiger partial charge in [0, 0.05) is 0 Å². The first-order valence-corrected chi connectivity index (χ1v) is 14.2. The minimum atomic E-state index is -8.47. The third-order valence-electron chi connectivity index (χ3n) is 5.22. The summed E-state index contributed by atoms with van der Waals surface area (Å²) in [5.41, 5.74) is 0. The molecule has 0 fully saturated rings. The Morgan fingerprint density at radius 2 is 0.907 bits per heavy atom. The Morgan fingerprint density at radius 3 is 1.30 bits per heavy atom. The molecular weight excluding hydrogens is 698 g/mol. The van der Waals surface area contributed by atoms with Crippen molar-refractivity contribution >= 4 is 24.3 Å². The molecule has 0 N–H and O–H groups in total. The lowest BCUT2D eigenvalue weighted by Gasteiger charge is -2.35. The SMILES string of the molecule is CCCCCCCC/C=C\OS(=O)(=CS(=O)(=O)C(F)(F)C(F)(F)C(F)(F)C(F)(F)F)C(F)(F)C(F)(F)C(F)(F)C(F)(F)F. The van der Waals surface area contributed by atoms with Crippen LogP contribution in [0.1, 0.15) is 51.9 Å². The zero-order valence-corrected chi connectivity index (χ0v) is 22.6. The highest BCUT2D eigenvalue weighted by Crippen LogP contribution is 2.57. The second kappa shape index (κ2) is 12.9. The Kier molecular flexibility index (Phi) is 12.4. The molecule has 0 aromatic heterocycles. The zero-order chi connectivity index (χ0) is 34.8. The van der Waals surface area contributed by atoms with Gasteiger partial charge in [-0.3, -0.25) is 0 Å². The molecular formula is C19H20F18O4S2. The van der Waals surface area contributed by atoms with E-state index in [1.54, 1.807) is 0 Å². The summed E-state index contributed by atoms with van der Waals surface area (Å²) in [6.07, 6.45) is -13.1. The molecule has 0 aliphatic rings. The summed E-state index contributed by atoms with van der Waals surface area (Å²) >= 11 is 0. The van der Waals surface area contributed by atoms with Crippen molar-refractivity contribution in [3.63, 3.8) is 0 Å². The summed E-state index contributed by atoms with van der Waals surface area (Å²) in [4.78, 5) is 0. The molecule has 0 aromatic rings. The van der Waals surface area contributed by atoms with Crippen LogP contribution in [0.2, 0.25) is 0 Å². The minimum Gasteiger partial charge on any atom is -0.411 e. The Balaban J connectivity index is 7.17. The van der Waals surface area contributed by atoms with Crippen molar-refractivity contribution in [1.29, 1.82) is 0 Å². The fraction of sp³-hybridized carbons (Fsp3) is 0.842. The van der Waals surface area contributed by atoms with Crippen LogP contribution < -0.4 is 0 Å². The van der Waals surface area contributed by atoms with Gasteiger partial charge in [0.25, 0.3) is 9.84 Å². The Hall–Kier alpha value is -1.75. The first kappa shape index (κ1) is 41.2. The van der Waals surface area contributed by atoms with Crippen molar-refractivity contribution in [3.05, 3.63) is 12.3 Å². The molecule has 1 atom stereocenters. The van der Waals surface area contributed by atoms with Gasteiger partial charge >= 0.3 is 46.6 Å². The molecule has 0 aromatic carbocycles. The smallest absolute Gasteiger partial charge is 0.411 e. The van der Waals surface area contributed by atoms with E-state index in [9.17, 15) is 91.7 Å². The van der Waals surface area contributed by atoms with Crippen LogP contribution in [0.25, 0.3) is 0 Å². The van der Waals surface area contributed by atoms with Crippen LogP contribution in [-0.4, -0.2) is 63.9 Å². The third-order valence-corrected chi connectivity index (χ3v) is 9.58. The number of allylic oxidation sites excluding steroid dienone is 1. The fourth-order valence-electron chi connectivity index (χ4n) is 2.68. The Labute approximate surface area is 231 Å². The molecule has 0 aliphatic heterocycles. The summed E-state index contributed by atoms with van der Waals surface area (Å²) in [6.45, 7) is 1.82. The monoisotopic (exact) mass is 718 g/mol. The van der Waals surface area contributed by atoms with Crippen molar-refractivity contribution < 1.29 is 95.8 Å². The largest absolute Gasteiger partial charge is 0.460 e. The molecule has 0 aliphatic carbocycles. The molecule has 0 radical (unpaired) electrons. The van der Waals surface area contributed by atoms with E-state index in [1.165, 1.54) is 0 Å². The quantitative estimate of drug-likeness (QED) is 0.0696. The van der Waals surface area contributed by atoms with E-state index in [0.29, 0.717) is 25.3 Å². The van der Waals surface area contributed by atoms with Gasteiger partial charge in [0.05, 0.1) is 6.26 Å². The predicted molar refractivity (Wildman–Crippen MR) is 113 cm³/mol. The molecule has 1 unspecified atom stereocenters. The summed E-state index contributed by atoms with van der Waals surface area (Å²) in [5, 5.41) is -15.8. The van der Waals surface area contributed by atoms with Crippen molar-refractivity contribution in [1.82, 2.24) is 0 Å². The molecule has 0 rings (SSSR count). The third kappa shape index (κ3) is 7.56. The van der Waals surface area contributed by atoms with Crippen LogP contribution in [-0.2, 0) is 23.8 Å². The number of alkyl halides is 18. The fourth-order valence-corrected chi connectivity index (χ4v) is 6.50. The van der Waals surface area contributed by atoms with Crippen molar-refractivity contribution in [2.24, 2.45) is 0 Å². The molecule has 258 valence electrons. The maximum Gasteiger partial charge on any atom is 0.460 e. The molecule has 0 amide bonds. The van der Waals surface area contributed by atoms with E-state index in [2.05, 4.69) is 4.18 Å². The molecule has 4 nitrogen and oxygen atoms in total. The van der Waals surface area contributed by atoms with Crippen LogP contribution >= 0.6 is 0 Å². The van der Waals surface area contributed by atoms with E-state index in [4.69, 9.17) is 0 Å². The van der Waals surface area contributed by atoms with Gasteiger partial charge in [-0.05, 0) is 18.9 Å². The van der Waals surface area contributed by atoms with Crippen LogP contribution in [0.3, 0.4) is 0 Å². The van der Waals surface area contributed by atoms with Crippen LogP contribution in [0, 0.1) is 0 Å². The maximum atomic E-state index is 14.4.